The number of para-hydroxylation sites is 1. The Labute approximate surface area is 141 Å². The fraction of sp³-hybridized carbons (Fsp3) is 0. The van der Waals surface area contributed by atoms with Crippen molar-refractivity contribution in [3.8, 4) is 0 Å². The van der Waals surface area contributed by atoms with Crippen molar-refractivity contribution in [2.24, 2.45) is 0 Å². The van der Waals surface area contributed by atoms with Gasteiger partial charge in [0.2, 0.25) is 0 Å². The van der Waals surface area contributed by atoms with Gasteiger partial charge in [0.05, 0.1) is 31.8 Å². The molecular weight excluding hydrogens is 343 g/mol. The highest BCUT2D eigenvalue weighted by Gasteiger charge is 2.16. The summed E-state index contributed by atoms with van der Waals surface area (Å²) in [7, 11) is 0. The van der Waals surface area contributed by atoms with Gasteiger partial charge in [-0.1, -0.05) is 53.0 Å². The minimum absolute atomic E-state index is 0.227. The number of nitrogens with one attached hydrogen (secondary N) is 1. The van der Waals surface area contributed by atoms with Gasteiger partial charge in [0.25, 0.3) is 5.91 Å². The van der Waals surface area contributed by atoms with Crippen molar-refractivity contribution < 1.29 is 4.79 Å². The van der Waals surface area contributed by atoms with Crippen molar-refractivity contribution >= 4 is 57.3 Å². The minimum Gasteiger partial charge on any atom is -0.320 e. The Morgan fingerprint density at radius 3 is 2.32 bits per heavy atom. The molecule has 0 saturated carbocycles. The number of amides is 1. The summed E-state index contributed by atoms with van der Waals surface area (Å²) in [6.45, 7) is 0. The van der Waals surface area contributed by atoms with E-state index < -0.39 is 5.91 Å². The van der Waals surface area contributed by atoms with Crippen LogP contribution in [0.5, 0.6) is 0 Å². The zero-order chi connectivity index (χ0) is 15.7. The topological polar surface area (TPSA) is 42.0 Å². The summed E-state index contributed by atoms with van der Waals surface area (Å²) in [5.74, 6) is -0.398. The molecule has 0 atom stereocenters. The molecule has 110 valence electrons. The van der Waals surface area contributed by atoms with E-state index in [0.29, 0.717) is 16.2 Å². The molecule has 1 aromatic heterocycles. The third-order valence-corrected chi connectivity index (χ3v) is 4.12. The molecule has 22 heavy (non-hydrogen) atoms. The van der Waals surface area contributed by atoms with E-state index in [2.05, 4.69) is 10.3 Å². The first kappa shape index (κ1) is 15.1. The molecule has 1 heterocycles. The van der Waals surface area contributed by atoms with E-state index in [4.69, 9.17) is 34.8 Å². The van der Waals surface area contributed by atoms with Crippen LogP contribution in [-0.4, -0.2) is 10.9 Å². The maximum absolute atomic E-state index is 12.4. The van der Waals surface area contributed by atoms with E-state index in [0.717, 1.165) is 5.39 Å². The molecule has 0 aliphatic rings. The van der Waals surface area contributed by atoms with Gasteiger partial charge >= 0.3 is 0 Å². The molecule has 3 rings (SSSR count). The Balaban J connectivity index is 2.04. The smallest absolute Gasteiger partial charge is 0.258 e. The van der Waals surface area contributed by atoms with Crippen LogP contribution >= 0.6 is 34.8 Å². The maximum Gasteiger partial charge on any atom is 0.258 e. The standard InChI is InChI=1S/C16H9Cl3N2O/c17-10-7-8-20-15-9(10)3-1-6-13(15)21-16(22)14-11(18)4-2-5-12(14)19/h1-8H,(H,21,22). The van der Waals surface area contributed by atoms with Crippen molar-refractivity contribution in [1.29, 1.82) is 0 Å². The Kier molecular flexibility index (Phi) is 4.21. The molecule has 2 aromatic carbocycles. The molecule has 0 bridgehead atoms. The highest BCUT2D eigenvalue weighted by molar-refractivity contribution is 6.40. The van der Waals surface area contributed by atoms with Crippen LogP contribution in [0.2, 0.25) is 15.1 Å². The van der Waals surface area contributed by atoms with E-state index in [1.165, 1.54) is 0 Å². The van der Waals surface area contributed by atoms with Gasteiger partial charge < -0.3 is 5.32 Å². The van der Waals surface area contributed by atoms with Crippen LogP contribution in [0.1, 0.15) is 10.4 Å². The maximum atomic E-state index is 12.4. The van der Waals surface area contributed by atoms with Crippen molar-refractivity contribution in [2.75, 3.05) is 5.32 Å². The number of fused-ring (bicyclic) bond motifs is 1. The number of nitrogens with zero attached hydrogens (tertiary/aromatic N) is 1. The SMILES string of the molecule is O=C(Nc1cccc2c(Cl)ccnc12)c1c(Cl)cccc1Cl. The monoisotopic (exact) mass is 350 g/mol. The second-order valence-corrected chi connectivity index (χ2v) is 5.77. The summed E-state index contributed by atoms with van der Waals surface area (Å²) >= 11 is 18.2. The van der Waals surface area contributed by atoms with Crippen LogP contribution in [0.25, 0.3) is 10.9 Å². The summed E-state index contributed by atoms with van der Waals surface area (Å²) in [5, 5.41) is 4.68. The van der Waals surface area contributed by atoms with Crippen LogP contribution in [0.3, 0.4) is 0 Å². The first-order valence-corrected chi connectivity index (χ1v) is 7.50. The van der Waals surface area contributed by atoms with Gasteiger partial charge in [-0.15, -0.1) is 0 Å². The highest BCUT2D eigenvalue weighted by atomic mass is 35.5. The third kappa shape index (κ3) is 2.75. The lowest BCUT2D eigenvalue weighted by molar-refractivity contribution is 0.102. The minimum atomic E-state index is -0.398. The molecule has 6 heteroatoms. The molecule has 0 radical (unpaired) electrons. The van der Waals surface area contributed by atoms with Gasteiger partial charge in [0, 0.05) is 11.6 Å². The molecule has 0 spiro atoms. The second kappa shape index (κ2) is 6.13. The highest BCUT2D eigenvalue weighted by Crippen LogP contribution is 2.29. The van der Waals surface area contributed by atoms with Gasteiger partial charge in [0.1, 0.15) is 0 Å². The van der Waals surface area contributed by atoms with Crippen LogP contribution in [0.15, 0.2) is 48.7 Å². The van der Waals surface area contributed by atoms with Gasteiger partial charge in [-0.25, -0.2) is 0 Å². The van der Waals surface area contributed by atoms with E-state index in [-0.39, 0.29) is 15.6 Å². The Hall–Kier alpha value is -1.81. The molecular formula is C16H9Cl3N2O. The summed E-state index contributed by atoms with van der Waals surface area (Å²) in [6.07, 6.45) is 1.59. The number of hydrogen-bond donors (Lipinski definition) is 1. The average Bonchev–Trinajstić information content (AvgIpc) is 2.48. The quantitative estimate of drug-likeness (QED) is 0.667. The summed E-state index contributed by atoms with van der Waals surface area (Å²) in [4.78, 5) is 16.7. The number of halogens is 3. The van der Waals surface area contributed by atoms with E-state index in [9.17, 15) is 4.79 Å². The zero-order valence-electron chi connectivity index (χ0n) is 11.1. The Morgan fingerprint density at radius 1 is 0.909 bits per heavy atom. The fourth-order valence-electron chi connectivity index (χ4n) is 2.14. The van der Waals surface area contributed by atoms with Crippen molar-refractivity contribution in [3.05, 3.63) is 69.3 Å². The molecule has 1 amide bonds. The Morgan fingerprint density at radius 2 is 1.59 bits per heavy atom. The van der Waals surface area contributed by atoms with Crippen molar-refractivity contribution in [1.82, 2.24) is 4.98 Å². The lowest BCUT2D eigenvalue weighted by Gasteiger charge is -2.10. The number of pyridine rings is 1. The molecule has 3 aromatic rings. The predicted molar refractivity (Wildman–Crippen MR) is 91.2 cm³/mol. The lowest BCUT2D eigenvalue weighted by atomic mass is 10.1. The first-order valence-electron chi connectivity index (χ1n) is 6.36. The second-order valence-electron chi connectivity index (χ2n) is 4.55. The number of carbonyl (C=O) groups excluding carboxylic acids is 1. The number of carbonyl (C=O) groups is 1. The largest absolute Gasteiger partial charge is 0.320 e. The van der Waals surface area contributed by atoms with Crippen molar-refractivity contribution in [3.63, 3.8) is 0 Å². The molecule has 0 unspecified atom stereocenters. The van der Waals surface area contributed by atoms with Crippen LogP contribution in [0.4, 0.5) is 5.69 Å². The van der Waals surface area contributed by atoms with Crippen LogP contribution in [0, 0.1) is 0 Å². The van der Waals surface area contributed by atoms with E-state index >= 15 is 0 Å². The molecule has 1 N–H and O–H groups in total. The summed E-state index contributed by atoms with van der Waals surface area (Å²) < 4.78 is 0. The number of anilines is 1. The predicted octanol–water partition coefficient (Wildman–Crippen LogP) is 5.45. The van der Waals surface area contributed by atoms with Crippen LogP contribution in [-0.2, 0) is 0 Å². The fourth-order valence-corrected chi connectivity index (χ4v) is 2.92. The normalized spacial score (nSPS) is 10.7. The lowest BCUT2D eigenvalue weighted by Crippen LogP contribution is -2.13. The number of hydrogen-bond acceptors (Lipinski definition) is 2. The zero-order valence-corrected chi connectivity index (χ0v) is 13.4. The third-order valence-electron chi connectivity index (χ3n) is 3.16. The molecule has 0 aliphatic heterocycles. The van der Waals surface area contributed by atoms with Gasteiger partial charge in [-0.2, -0.15) is 0 Å². The van der Waals surface area contributed by atoms with Crippen LogP contribution < -0.4 is 5.32 Å². The molecule has 0 aliphatic carbocycles. The number of benzene rings is 2. The first-order chi connectivity index (χ1) is 10.6. The van der Waals surface area contributed by atoms with Gasteiger partial charge in [0.15, 0.2) is 0 Å². The van der Waals surface area contributed by atoms with Gasteiger partial charge in [-0.05, 0) is 24.3 Å². The Bertz CT molecular complexity index is 860. The molecule has 0 fully saturated rings. The summed E-state index contributed by atoms with van der Waals surface area (Å²) in [5.41, 5.74) is 1.37. The summed E-state index contributed by atoms with van der Waals surface area (Å²) in [6, 6.07) is 12.0. The van der Waals surface area contributed by atoms with E-state index in [1.807, 2.05) is 6.07 Å². The van der Waals surface area contributed by atoms with E-state index in [1.54, 1.807) is 42.6 Å². The van der Waals surface area contributed by atoms with Gasteiger partial charge in [-0.3, -0.25) is 9.78 Å². The molecule has 3 nitrogen and oxygen atoms in total. The van der Waals surface area contributed by atoms with Crippen molar-refractivity contribution in [2.45, 2.75) is 0 Å². The number of rotatable bonds is 2. The number of aromatic nitrogens is 1. The average molecular weight is 352 g/mol. The molecule has 0 saturated heterocycles.